The van der Waals surface area contributed by atoms with Crippen LogP contribution in [0.1, 0.15) is 200 Å². The van der Waals surface area contributed by atoms with E-state index in [-0.39, 0.29) is 0 Å². The van der Waals surface area contributed by atoms with Gasteiger partial charge in [0.2, 0.25) is 0 Å². The van der Waals surface area contributed by atoms with Gasteiger partial charge in [0.25, 0.3) is 5.82 Å². The van der Waals surface area contributed by atoms with Crippen LogP contribution in [0, 0.1) is 0 Å². The van der Waals surface area contributed by atoms with Gasteiger partial charge < -0.3 is 0 Å². The van der Waals surface area contributed by atoms with Gasteiger partial charge in [-0.2, -0.15) is 0 Å². The number of aryl methyl sites for hydroxylation is 2. The molecule has 0 aliphatic carbocycles. The summed E-state index contributed by atoms with van der Waals surface area (Å²) >= 11 is 0. The van der Waals surface area contributed by atoms with E-state index in [0.717, 1.165) is 0 Å². The molecule has 0 bridgehead atoms. The van der Waals surface area contributed by atoms with Crippen molar-refractivity contribution >= 4 is 0 Å². The van der Waals surface area contributed by atoms with E-state index < -0.39 is 0 Å². The van der Waals surface area contributed by atoms with Crippen molar-refractivity contribution in [2.24, 2.45) is 0 Å². The summed E-state index contributed by atoms with van der Waals surface area (Å²) in [6.07, 6.45) is 44.5. The molecular formula is C36H71N2+. The van der Waals surface area contributed by atoms with Crippen LogP contribution in [-0.2, 0) is 19.5 Å². The second-order valence-electron chi connectivity index (χ2n) is 12.3. The fraction of sp³-hybridized carbons (Fsp3) is 0.917. The Balaban J connectivity index is 2.16. The number of nitrogens with zero attached hydrogens (tertiary/aromatic N) is 2. The van der Waals surface area contributed by atoms with Gasteiger partial charge in [-0.3, -0.25) is 0 Å². The van der Waals surface area contributed by atoms with Crippen molar-refractivity contribution in [3.8, 4) is 0 Å². The Labute approximate surface area is 240 Å². The summed E-state index contributed by atoms with van der Waals surface area (Å²) < 4.78 is 5.21. The summed E-state index contributed by atoms with van der Waals surface area (Å²) in [5.74, 6) is 1.61. The average molecular weight is 532 g/mol. The number of aromatic nitrogens is 2. The van der Waals surface area contributed by atoms with E-state index in [1.54, 1.807) is 5.82 Å². The maximum absolute atomic E-state index is 2.61. The van der Waals surface area contributed by atoms with E-state index in [0.29, 0.717) is 0 Å². The predicted molar refractivity (Wildman–Crippen MR) is 170 cm³/mol. The van der Waals surface area contributed by atoms with Gasteiger partial charge in [0.15, 0.2) is 0 Å². The molecule has 0 aliphatic rings. The summed E-state index contributed by atoms with van der Waals surface area (Å²) in [4.78, 5) is 0. The molecule has 0 fully saturated rings. The highest BCUT2D eigenvalue weighted by Crippen LogP contribution is 2.15. The fourth-order valence-electron chi connectivity index (χ4n) is 5.97. The lowest BCUT2D eigenvalue weighted by Gasteiger charge is -2.07. The standard InChI is InChI=1S/C36H71N2/c1-4-7-10-13-15-16-17-18-19-20-21-22-23-24-26-28-31-36-37(32-29-12-9-6-3)34-35-38(36)33-30-27-25-14-11-8-5-2/h34-35H,4-33H2,1-3H3/q+1. The van der Waals surface area contributed by atoms with Crippen molar-refractivity contribution in [2.45, 2.75) is 214 Å². The molecule has 1 rings (SSSR count). The van der Waals surface area contributed by atoms with E-state index in [2.05, 4.69) is 42.3 Å². The average Bonchev–Trinajstić information content (AvgIpc) is 3.31. The minimum Gasteiger partial charge on any atom is -0.234 e. The van der Waals surface area contributed by atoms with Gasteiger partial charge in [0.05, 0.1) is 13.1 Å². The van der Waals surface area contributed by atoms with Crippen molar-refractivity contribution in [1.82, 2.24) is 4.57 Å². The molecule has 0 N–H and O–H groups in total. The van der Waals surface area contributed by atoms with Gasteiger partial charge in [-0.15, -0.1) is 0 Å². The molecule has 2 nitrogen and oxygen atoms in total. The van der Waals surface area contributed by atoms with Gasteiger partial charge in [0.1, 0.15) is 12.4 Å². The molecule has 0 atom stereocenters. The second-order valence-corrected chi connectivity index (χ2v) is 12.3. The largest absolute Gasteiger partial charge is 0.256 e. The predicted octanol–water partition coefficient (Wildman–Crippen LogP) is 11.9. The lowest BCUT2D eigenvalue weighted by atomic mass is 10.0. The third-order valence-corrected chi connectivity index (χ3v) is 8.60. The summed E-state index contributed by atoms with van der Waals surface area (Å²) in [7, 11) is 0. The van der Waals surface area contributed by atoms with Crippen LogP contribution >= 0.6 is 0 Å². The minimum absolute atomic E-state index is 1.22. The van der Waals surface area contributed by atoms with Crippen molar-refractivity contribution in [3.63, 3.8) is 0 Å². The van der Waals surface area contributed by atoms with Gasteiger partial charge in [-0.25, -0.2) is 9.13 Å². The van der Waals surface area contributed by atoms with Crippen LogP contribution in [0.5, 0.6) is 0 Å². The second kappa shape index (κ2) is 27.8. The SMILES string of the molecule is CCCCCCCCCCCCCCCCCCc1n(CCCCCCCCC)cc[n+]1CCCCCC. The molecule has 0 amide bonds. The minimum atomic E-state index is 1.22. The van der Waals surface area contributed by atoms with Crippen LogP contribution in [0.25, 0.3) is 0 Å². The van der Waals surface area contributed by atoms with E-state index >= 15 is 0 Å². The first-order chi connectivity index (χ1) is 18.8. The van der Waals surface area contributed by atoms with E-state index in [4.69, 9.17) is 0 Å². The van der Waals surface area contributed by atoms with Gasteiger partial charge in [-0.05, 0) is 32.1 Å². The topological polar surface area (TPSA) is 8.81 Å². The summed E-state index contributed by atoms with van der Waals surface area (Å²) in [5, 5.41) is 0. The maximum Gasteiger partial charge on any atom is 0.256 e. The molecule has 0 spiro atoms. The molecule has 1 aromatic rings. The number of imidazole rings is 1. The zero-order valence-corrected chi connectivity index (χ0v) is 26.8. The molecule has 1 heterocycles. The molecule has 0 saturated carbocycles. The van der Waals surface area contributed by atoms with Crippen molar-refractivity contribution in [3.05, 3.63) is 18.2 Å². The van der Waals surface area contributed by atoms with Crippen LogP contribution in [-0.4, -0.2) is 4.57 Å². The molecule has 2 heteroatoms. The smallest absolute Gasteiger partial charge is 0.234 e. The Morgan fingerprint density at radius 3 is 1.26 bits per heavy atom. The summed E-state index contributed by atoms with van der Waals surface area (Å²) in [6, 6.07) is 0. The monoisotopic (exact) mass is 532 g/mol. The lowest BCUT2D eigenvalue weighted by molar-refractivity contribution is -0.704. The normalized spacial score (nSPS) is 11.6. The Bertz CT molecular complexity index is 590. The maximum atomic E-state index is 2.61. The van der Waals surface area contributed by atoms with Crippen LogP contribution < -0.4 is 4.57 Å². The van der Waals surface area contributed by atoms with Crippen molar-refractivity contribution in [1.29, 1.82) is 0 Å². The number of hydrogen-bond acceptors (Lipinski definition) is 0. The zero-order valence-electron chi connectivity index (χ0n) is 26.8. The zero-order chi connectivity index (χ0) is 27.4. The quantitative estimate of drug-likeness (QED) is 0.0689. The first kappa shape index (κ1) is 35.2. The summed E-state index contributed by atoms with van der Waals surface area (Å²) in [6.45, 7) is 9.38. The Morgan fingerprint density at radius 2 is 0.816 bits per heavy atom. The van der Waals surface area contributed by atoms with Crippen LogP contribution in [0.15, 0.2) is 12.4 Å². The number of rotatable bonds is 30. The van der Waals surface area contributed by atoms with Crippen molar-refractivity contribution in [2.75, 3.05) is 0 Å². The summed E-state index contributed by atoms with van der Waals surface area (Å²) in [5.41, 5.74) is 0. The number of hydrogen-bond donors (Lipinski definition) is 0. The molecule has 0 saturated heterocycles. The molecule has 0 radical (unpaired) electrons. The van der Waals surface area contributed by atoms with E-state index in [1.165, 1.54) is 193 Å². The molecule has 0 aliphatic heterocycles. The lowest BCUT2D eigenvalue weighted by Crippen LogP contribution is -2.37. The van der Waals surface area contributed by atoms with E-state index in [9.17, 15) is 0 Å². The highest BCUT2D eigenvalue weighted by molar-refractivity contribution is 4.84. The third kappa shape index (κ3) is 20.2. The molecule has 38 heavy (non-hydrogen) atoms. The van der Waals surface area contributed by atoms with Crippen LogP contribution in [0.4, 0.5) is 0 Å². The Hall–Kier alpha value is -0.790. The molecule has 1 aromatic heterocycles. The molecule has 0 unspecified atom stereocenters. The molecule has 0 aromatic carbocycles. The highest BCUT2D eigenvalue weighted by atomic mass is 15.1. The Kier molecular flexibility index (Phi) is 25.7. The van der Waals surface area contributed by atoms with Crippen LogP contribution in [0.3, 0.4) is 0 Å². The third-order valence-electron chi connectivity index (χ3n) is 8.60. The highest BCUT2D eigenvalue weighted by Gasteiger charge is 2.16. The molecular weight excluding hydrogens is 460 g/mol. The first-order valence-electron chi connectivity index (χ1n) is 17.9. The Morgan fingerprint density at radius 1 is 0.447 bits per heavy atom. The number of unbranched alkanes of at least 4 members (excludes halogenated alkanes) is 24. The van der Waals surface area contributed by atoms with Gasteiger partial charge >= 0.3 is 0 Å². The van der Waals surface area contributed by atoms with E-state index in [1.807, 2.05) is 0 Å². The molecule has 224 valence electrons. The van der Waals surface area contributed by atoms with Gasteiger partial charge in [-0.1, -0.05) is 162 Å². The van der Waals surface area contributed by atoms with Crippen molar-refractivity contribution < 1.29 is 4.57 Å². The fourth-order valence-corrected chi connectivity index (χ4v) is 5.97. The van der Waals surface area contributed by atoms with Gasteiger partial charge in [0, 0.05) is 6.42 Å². The van der Waals surface area contributed by atoms with Crippen LogP contribution in [0.2, 0.25) is 0 Å². The first-order valence-corrected chi connectivity index (χ1v) is 17.9.